The van der Waals surface area contributed by atoms with Crippen LogP contribution in [0.2, 0.25) is 0 Å². The second-order valence-electron chi connectivity index (χ2n) is 13.0. The molecule has 0 radical (unpaired) electrons. The number of pyridine rings is 1. The lowest BCUT2D eigenvalue weighted by Crippen LogP contribution is -2.21. The molecular formula is C38H58N6O2. The van der Waals surface area contributed by atoms with Gasteiger partial charge in [-0.1, -0.05) is 76.3 Å². The highest BCUT2D eigenvalue weighted by Gasteiger charge is 2.25. The molecule has 1 atom stereocenters. The number of amides is 2. The zero-order valence-electron chi connectivity index (χ0n) is 28.5. The summed E-state index contributed by atoms with van der Waals surface area (Å²) in [5.41, 5.74) is 5.30. The number of allylic oxidation sites excluding steroid dienone is 4. The summed E-state index contributed by atoms with van der Waals surface area (Å²) in [4.78, 5) is 36.9. The van der Waals surface area contributed by atoms with E-state index >= 15 is 0 Å². The first-order valence-electron chi connectivity index (χ1n) is 16.9. The van der Waals surface area contributed by atoms with Crippen molar-refractivity contribution in [1.82, 2.24) is 9.88 Å². The van der Waals surface area contributed by atoms with Gasteiger partial charge in [0.05, 0.1) is 34.5 Å². The third-order valence-electron chi connectivity index (χ3n) is 8.74. The zero-order valence-corrected chi connectivity index (χ0v) is 28.5. The molecule has 2 fully saturated rings. The van der Waals surface area contributed by atoms with Crippen molar-refractivity contribution < 1.29 is 12.4 Å². The summed E-state index contributed by atoms with van der Waals surface area (Å²) >= 11 is 0. The van der Waals surface area contributed by atoms with Gasteiger partial charge < -0.3 is 20.9 Å². The summed E-state index contributed by atoms with van der Waals surface area (Å²) < 4.78 is 0. The van der Waals surface area contributed by atoms with Crippen molar-refractivity contribution >= 4 is 35.6 Å². The van der Waals surface area contributed by atoms with E-state index in [1.165, 1.54) is 38.5 Å². The Morgan fingerprint density at radius 2 is 1.80 bits per heavy atom. The molecular weight excluding hydrogens is 572 g/mol. The molecule has 3 aliphatic rings. The first kappa shape index (κ1) is 36.4. The maximum atomic E-state index is 13.3. The molecule has 2 saturated carbocycles. The standard InChI is InChI=1S/C30H38N6O2.C8H16.2H2/c1-6-22(19-36(4)5)27-11-9-7-8-10-24(17-33-27)26(16-31)30(38)35-28-15-25(18-32-21(28)3)34-29(37)23-13-12-20(2)14-23;1-8-6-4-2-3-5-7-8;;/h6,11,15-19,23,31H,1-2,7-10,12-14H2,3-5H3,(H,34,37)(H,35,38);8H,2-7H2,1H3;2*1H/b22-19+,26-24-,27-11-,31-16?,33-17-;;;. The molecule has 2 aliphatic carbocycles. The van der Waals surface area contributed by atoms with Crippen LogP contribution in [-0.2, 0) is 9.59 Å². The number of nitrogens with zero attached hydrogens (tertiary/aromatic N) is 3. The lowest BCUT2D eigenvalue weighted by atomic mass is 10.0. The summed E-state index contributed by atoms with van der Waals surface area (Å²) in [6.07, 6.45) is 24.7. The van der Waals surface area contributed by atoms with Crippen molar-refractivity contribution in [2.45, 2.75) is 97.3 Å². The third kappa shape index (κ3) is 11.7. The molecule has 0 saturated heterocycles. The zero-order chi connectivity index (χ0) is 33.5. The lowest BCUT2D eigenvalue weighted by Gasteiger charge is -2.14. The second kappa shape index (κ2) is 18.8. The van der Waals surface area contributed by atoms with E-state index in [9.17, 15) is 9.59 Å². The predicted molar refractivity (Wildman–Crippen MR) is 197 cm³/mol. The molecule has 1 aromatic heterocycles. The highest BCUT2D eigenvalue weighted by Crippen LogP contribution is 2.30. The van der Waals surface area contributed by atoms with Gasteiger partial charge in [-0.05, 0) is 69.4 Å². The summed E-state index contributed by atoms with van der Waals surface area (Å²) in [5, 5.41) is 13.8. The fourth-order valence-electron chi connectivity index (χ4n) is 5.97. The molecule has 3 N–H and O–H groups in total. The third-order valence-corrected chi connectivity index (χ3v) is 8.74. The Labute approximate surface area is 279 Å². The number of carbonyl (C=O) groups excluding carboxylic acids is 2. The number of carbonyl (C=O) groups is 2. The van der Waals surface area contributed by atoms with Gasteiger partial charge >= 0.3 is 0 Å². The van der Waals surface area contributed by atoms with Gasteiger partial charge in [0.1, 0.15) is 0 Å². The number of hydrogen-bond donors (Lipinski definition) is 3. The molecule has 1 aromatic rings. The van der Waals surface area contributed by atoms with Crippen LogP contribution in [0.25, 0.3) is 0 Å². The number of nitrogens with one attached hydrogen (secondary N) is 3. The van der Waals surface area contributed by atoms with Crippen LogP contribution in [0.1, 0.15) is 98.9 Å². The largest absolute Gasteiger partial charge is 0.383 e. The molecule has 4 rings (SSSR count). The first-order valence-corrected chi connectivity index (χ1v) is 16.9. The number of rotatable bonds is 8. The molecule has 252 valence electrons. The maximum Gasteiger partial charge on any atom is 0.257 e. The smallest absolute Gasteiger partial charge is 0.257 e. The summed E-state index contributed by atoms with van der Waals surface area (Å²) in [6, 6.07) is 1.70. The molecule has 8 nitrogen and oxygen atoms in total. The van der Waals surface area contributed by atoms with Gasteiger partial charge in [-0.25, -0.2) is 0 Å². The molecule has 8 heteroatoms. The Balaban J connectivity index is 0.00000101. The van der Waals surface area contributed by atoms with E-state index in [0.29, 0.717) is 35.5 Å². The fraction of sp³-hybridized carbons (Fsp3) is 0.500. The minimum atomic E-state index is -0.417. The Morgan fingerprint density at radius 3 is 2.43 bits per heavy atom. The monoisotopic (exact) mass is 630 g/mol. The number of anilines is 2. The van der Waals surface area contributed by atoms with Crippen molar-refractivity contribution in [2.75, 3.05) is 24.7 Å². The minimum Gasteiger partial charge on any atom is -0.383 e. The lowest BCUT2D eigenvalue weighted by molar-refractivity contribution is -0.119. The number of hydrogen-bond acceptors (Lipinski definition) is 6. The maximum absolute atomic E-state index is 13.3. The average Bonchev–Trinajstić information content (AvgIpc) is 3.38. The van der Waals surface area contributed by atoms with Crippen molar-refractivity contribution in [2.24, 2.45) is 16.8 Å². The van der Waals surface area contributed by atoms with Crippen LogP contribution in [-0.4, -0.2) is 48.2 Å². The molecule has 2 heterocycles. The van der Waals surface area contributed by atoms with E-state index in [-0.39, 0.29) is 20.3 Å². The first-order chi connectivity index (χ1) is 22.1. The van der Waals surface area contributed by atoms with Crippen LogP contribution in [0.4, 0.5) is 11.4 Å². The second-order valence-corrected chi connectivity index (χ2v) is 13.0. The van der Waals surface area contributed by atoms with E-state index in [1.807, 2.05) is 25.2 Å². The number of aryl methyl sites for hydroxylation is 1. The number of aliphatic imine (C=N–C) groups is 1. The van der Waals surface area contributed by atoms with E-state index in [0.717, 1.165) is 61.1 Å². The van der Waals surface area contributed by atoms with Gasteiger partial charge in [-0.2, -0.15) is 0 Å². The topological polar surface area (TPSA) is 111 Å². The van der Waals surface area contributed by atoms with Crippen molar-refractivity contribution in [3.63, 3.8) is 0 Å². The van der Waals surface area contributed by atoms with E-state index in [1.54, 1.807) is 31.5 Å². The van der Waals surface area contributed by atoms with Crippen LogP contribution in [0.15, 0.2) is 76.8 Å². The fourth-order valence-corrected chi connectivity index (χ4v) is 5.97. The van der Waals surface area contributed by atoms with Crippen molar-refractivity contribution in [1.29, 1.82) is 5.41 Å². The number of aromatic nitrogens is 1. The molecule has 0 aromatic carbocycles. The van der Waals surface area contributed by atoms with Crippen LogP contribution < -0.4 is 10.6 Å². The van der Waals surface area contributed by atoms with Gasteiger partial charge in [0.15, 0.2) is 0 Å². The summed E-state index contributed by atoms with van der Waals surface area (Å²) in [7, 11) is 3.88. The van der Waals surface area contributed by atoms with E-state index in [2.05, 4.69) is 46.8 Å². The van der Waals surface area contributed by atoms with E-state index < -0.39 is 5.91 Å². The minimum absolute atomic E-state index is 0. The molecule has 0 spiro atoms. The predicted octanol–water partition coefficient (Wildman–Crippen LogP) is 9.20. The highest BCUT2D eigenvalue weighted by atomic mass is 16.2. The van der Waals surface area contributed by atoms with Crippen LogP contribution >= 0.6 is 0 Å². The van der Waals surface area contributed by atoms with Crippen LogP contribution in [0, 0.1) is 24.2 Å². The summed E-state index contributed by atoms with van der Waals surface area (Å²) in [6.45, 7) is 12.1. The van der Waals surface area contributed by atoms with Gasteiger partial charge in [-0.3, -0.25) is 19.6 Å². The van der Waals surface area contributed by atoms with Crippen molar-refractivity contribution in [3.05, 3.63) is 77.5 Å². The normalized spacial score (nSPS) is 22.3. The highest BCUT2D eigenvalue weighted by molar-refractivity contribution is 6.20. The quantitative estimate of drug-likeness (QED) is 0.0874. The van der Waals surface area contributed by atoms with Crippen LogP contribution in [0.3, 0.4) is 0 Å². The van der Waals surface area contributed by atoms with Gasteiger partial charge in [-0.15, -0.1) is 0 Å². The molecule has 46 heavy (non-hydrogen) atoms. The average molecular weight is 631 g/mol. The Bertz CT molecular complexity index is 1390. The SMILES string of the molecule is C=CC(=C\N(C)C)/C1=C/CCCCC(=C(\C=N)C(=O)Nc2cc(NC(=O)C3CCC(=C)C3)cnc2C)/C=N\1.CC1CCCCCC1.[HH].[HH]. The summed E-state index contributed by atoms with van der Waals surface area (Å²) in [5.74, 6) is 0.450. The van der Waals surface area contributed by atoms with Gasteiger partial charge in [0.25, 0.3) is 5.91 Å². The molecule has 1 unspecified atom stereocenters. The van der Waals surface area contributed by atoms with Crippen LogP contribution in [0.5, 0.6) is 0 Å². The van der Waals surface area contributed by atoms with E-state index in [4.69, 9.17) is 5.41 Å². The van der Waals surface area contributed by atoms with Gasteiger partial charge in [0.2, 0.25) is 5.91 Å². The molecule has 1 aliphatic heterocycles. The Kier molecular flexibility index (Phi) is 14.9. The molecule has 2 amide bonds. The molecule has 0 bridgehead atoms. The van der Waals surface area contributed by atoms with Gasteiger partial charge in [0, 0.05) is 47.1 Å². The Morgan fingerprint density at radius 1 is 1.07 bits per heavy atom. The Hall–Kier alpha value is -4.07. The van der Waals surface area contributed by atoms with Crippen molar-refractivity contribution in [3.8, 4) is 0 Å².